The van der Waals surface area contributed by atoms with Crippen LogP contribution >= 0.6 is 11.3 Å². The van der Waals surface area contributed by atoms with Gasteiger partial charge < -0.3 is 5.73 Å². The molecule has 1 nitrogen and oxygen atoms in total. The first-order chi connectivity index (χ1) is 7.89. The first-order valence-corrected chi connectivity index (χ1v) is 7.57. The minimum atomic E-state index is 0.254. The van der Waals surface area contributed by atoms with E-state index >= 15 is 0 Å². The van der Waals surface area contributed by atoms with Crippen LogP contribution in [-0.2, 0) is 5.41 Å². The quantitative estimate of drug-likeness (QED) is 0.824. The van der Waals surface area contributed by atoms with Gasteiger partial charge in [0.1, 0.15) is 0 Å². The third-order valence-electron chi connectivity index (χ3n) is 4.08. The Morgan fingerprint density at radius 1 is 1.29 bits per heavy atom. The summed E-state index contributed by atoms with van der Waals surface area (Å²) in [5, 5.41) is 0. The van der Waals surface area contributed by atoms with Crippen molar-refractivity contribution in [3.8, 4) is 0 Å². The molecule has 1 aliphatic carbocycles. The second-order valence-electron chi connectivity index (χ2n) is 6.55. The van der Waals surface area contributed by atoms with Crippen molar-refractivity contribution in [2.75, 3.05) is 0 Å². The normalized spacial score (nSPS) is 27.4. The van der Waals surface area contributed by atoms with E-state index in [0.717, 1.165) is 5.92 Å². The molecule has 3 unspecified atom stereocenters. The summed E-state index contributed by atoms with van der Waals surface area (Å²) in [4.78, 5) is 2.84. The molecule has 0 saturated heterocycles. The molecule has 0 aliphatic heterocycles. The minimum absolute atomic E-state index is 0.254. The highest BCUT2D eigenvalue weighted by Gasteiger charge is 2.30. The van der Waals surface area contributed by atoms with Crippen LogP contribution in [0.4, 0.5) is 0 Å². The van der Waals surface area contributed by atoms with E-state index < -0.39 is 0 Å². The summed E-state index contributed by atoms with van der Waals surface area (Å²) in [5.74, 6) is 1.49. The summed E-state index contributed by atoms with van der Waals surface area (Å²) in [7, 11) is 0. The van der Waals surface area contributed by atoms with Crippen LogP contribution in [0.5, 0.6) is 0 Å². The highest BCUT2D eigenvalue weighted by atomic mass is 32.1. The van der Waals surface area contributed by atoms with Gasteiger partial charge in [-0.15, -0.1) is 11.3 Å². The van der Waals surface area contributed by atoms with Crippen LogP contribution in [0, 0.1) is 11.8 Å². The van der Waals surface area contributed by atoms with E-state index in [-0.39, 0.29) is 11.5 Å². The fourth-order valence-corrected chi connectivity index (χ4v) is 4.00. The van der Waals surface area contributed by atoms with E-state index in [9.17, 15) is 0 Å². The molecule has 2 N–H and O–H groups in total. The highest BCUT2D eigenvalue weighted by Crippen LogP contribution is 2.41. The number of thiophene rings is 1. The fraction of sp³-hybridized carbons (Fsp3) is 0.733. The van der Waals surface area contributed by atoms with Crippen LogP contribution in [0.1, 0.15) is 62.8 Å². The van der Waals surface area contributed by atoms with E-state index in [1.54, 1.807) is 0 Å². The topological polar surface area (TPSA) is 26.0 Å². The van der Waals surface area contributed by atoms with Crippen LogP contribution < -0.4 is 5.73 Å². The SMILES string of the molecule is CC1CCCC1C(N)c1ccc(C(C)(C)C)s1. The number of nitrogens with two attached hydrogens (primary N) is 1. The van der Waals surface area contributed by atoms with Crippen molar-refractivity contribution in [1.82, 2.24) is 0 Å². The fourth-order valence-electron chi connectivity index (χ4n) is 2.85. The monoisotopic (exact) mass is 251 g/mol. The molecule has 1 fully saturated rings. The molecule has 96 valence electrons. The summed E-state index contributed by atoms with van der Waals surface area (Å²) < 4.78 is 0. The standard InChI is InChI=1S/C15H25NS/c1-10-6-5-7-11(10)14(16)12-8-9-13(17-12)15(2,3)4/h8-11,14H,5-7,16H2,1-4H3. The molecular weight excluding hydrogens is 226 g/mol. The first kappa shape index (κ1) is 13.1. The molecule has 17 heavy (non-hydrogen) atoms. The molecule has 0 radical (unpaired) electrons. The average Bonchev–Trinajstić information content (AvgIpc) is 2.83. The lowest BCUT2D eigenvalue weighted by atomic mass is 9.90. The van der Waals surface area contributed by atoms with Crippen LogP contribution in [0.25, 0.3) is 0 Å². The van der Waals surface area contributed by atoms with Crippen LogP contribution in [0.15, 0.2) is 12.1 Å². The van der Waals surface area contributed by atoms with Crippen molar-refractivity contribution in [3.63, 3.8) is 0 Å². The van der Waals surface area contributed by atoms with Gasteiger partial charge in [-0.05, 0) is 35.8 Å². The van der Waals surface area contributed by atoms with Gasteiger partial charge >= 0.3 is 0 Å². The zero-order chi connectivity index (χ0) is 12.6. The van der Waals surface area contributed by atoms with E-state index in [2.05, 4.69) is 39.8 Å². The smallest absolute Gasteiger partial charge is 0.0421 e. The van der Waals surface area contributed by atoms with Gasteiger partial charge in [-0.1, -0.05) is 40.5 Å². The average molecular weight is 251 g/mol. The number of hydrogen-bond donors (Lipinski definition) is 1. The van der Waals surface area contributed by atoms with Gasteiger partial charge in [-0.25, -0.2) is 0 Å². The molecule has 1 aromatic heterocycles. The van der Waals surface area contributed by atoms with Crippen LogP contribution in [0.2, 0.25) is 0 Å². The molecule has 1 saturated carbocycles. The lowest BCUT2D eigenvalue weighted by Crippen LogP contribution is -2.22. The van der Waals surface area contributed by atoms with Crippen molar-refractivity contribution in [2.45, 2.75) is 58.4 Å². The van der Waals surface area contributed by atoms with Gasteiger partial charge in [0.25, 0.3) is 0 Å². The Morgan fingerprint density at radius 3 is 2.47 bits per heavy atom. The van der Waals surface area contributed by atoms with E-state index in [4.69, 9.17) is 5.73 Å². The van der Waals surface area contributed by atoms with Gasteiger partial charge in [0.05, 0.1) is 0 Å². The van der Waals surface area contributed by atoms with Gasteiger partial charge in [0, 0.05) is 15.8 Å². The Balaban J connectivity index is 2.14. The largest absolute Gasteiger partial charge is 0.323 e. The van der Waals surface area contributed by atoms with Gasteiger partial charge in [0.15, 0.2) is 0 Å². The maximum atomic E-state index is 6.46. The van der Waals surface area contributed by atoms with E-state index in [1.165, 1.54) is 29.0 Å². The molecule has 0 amide bonds. The maximum Gasteiger partial charge on any atom is 0.0421 e. The molecule has 2 rings (SSSR count). The molecule has 3 atom stereocenters. The Bertz CT molecular complexity index is 375. The molecular formula is C15H25NS. The molecule has 1 aromatic rings. The first-order valence-electron chi connectivity index (χ1n) is 6.75. The summed E-state index contributed by atoms with van der Waals surface area (Å²) >= 11 is 1.91. The summed E-state index contributed by atoms with van der Waals surface area (Å²) in [6, 6.07) is 4.77. The third kappa shape index (κ3) is 2.74. The second kappa shape index (κ2) is 4.74. The van der Waals surface area contributed by atoms with E-state index in [1.807, 2.05) is 11.3 Å². The second-order valence-corrected chi connectivity index (χ2v) is 7.67. The zero-order valence-corrected chi connectivity index (χ0v) is 12.3. The van der Waals surface area contributed by atoms with Gasteiger partial charge in [0.2, 0.25) is 0 Å². The maximum absolute atomic E-state index is 6.46. The zero-order valence-electron chi connectivity index (χ0n) is 11.5. The predicted octanol–water partition coefficient (Wildman–Crippen LogP) is 4.48. The Labute approximate surface area is 109 Å². The third-order valence-corrected chi connectivity index (χ3v) is 5.70. The minimum Gasteiger partial charge on any atom is -0.323 e. The predicted molar refractivity (Wildman–Crippen MR) is 76.5 cm³/mol. The number of rotatable bonds is 2. The molecule has 1 aliphatic rings. The Morgan fingerprint density at radius 2 is 2.00 bits per heavy atom. The van der Waals surface area contributed by atoms with Gasteiger partial charge in [-0.2, -0.15) is 0 Å². The molecule has 0 spiro atoms. The number of hydrogen-bond acceptors (Lipinski definition) is 2. The molecule has 1 heterocycles. The van der Waals surface area contributed by atoms with Gasteiger partial charge in [-0.3, -0.25) is 0 Å². The van der Waals surface area contributed by atoms with E-state index in [0.29, 0.717) is 5.92 Å². The summed E-state index contributed by atoms with van der Waals surface area (Å²) in [6.07, 6.45) is 4.03. The lowest BCUT2D eigenvalue weighted by Gasteiger charge is -2.22. The summed E-state index contributed by atoms with van der Waals surface area (Å²) in [5.41, 5.74) is 6.71. The van der Waals surface area contributed by atoms with Crippen molar-refractivity contribution >= 4 is 11.3 Å². The molecule has 2 heteroatoms. The lowest BCUT2D eigenvalue weighted by molar-refractivity contribution is 0.354. The van der Waals surface area contributed by atoms with Crippen molar-refractivity contribution in [3.05, 3.63) is 21.9 Å². The van der Waals surface area contributed by atoms with Crippen LogP contribution in [-0.4, -0.2) is 0 Å². The highest BCUT2D eigenvalue weighted by molar-refractivity contribution is 7.12. The Hall–Kier alpha value is -0.340. The van der Waals surface area contributed by atoms with Crippen molar-refractivity contribution in [1.29, 1.82) is 0 Å². The Kier molecular flexibility index (Phi) is 3.65. The van der Waals surface area contributed by atoms with Crippen molar-refractivity contribution in [2.24, 2.45) is 17.6 Å². The van der Waals surface area contributed by atoms with Crippen LogP contribution in [0.3, 0.4) is 0 Å². The molecule has 0 bridgehead atoms. The van der Waals surface area contributed by atoms with Crippen molar-refractivity contribution < 1.29 is 0 Å². The summed E-state index contributed by atoms with van der Waals surface area (Å²) in [6.45, 7) is 9.17. The molecule has 0 aromatic carbocycles.